The Morgan fingerprint density at radius 2 is 1.24 bits per heavy atom. The van der Waals surface area contributed by atoms with E-state index in [0.29, 0.717) is 0 Å². The minimum Gasteiger partial charge on any atom is -0.377 e. The monoisotopic (exact) mass is 716 g/mol. The predicted octanol–water partition coefficient (Wildman–Crippen LogP) is 6.37. The molecule has 3 N–H and O–H groups in total. The van der Waals surface area contributed by atoms with E-state index in [0.717, 1.165) is 120 Å². The van der Waals surface area contributed by atoms with Crippen molar-refractivity contribution in [1.29, 1.82) is 0 Å². The van der Waals surface area contributed by atoms with Crippen molar-refractivity contribution in [3.05, 3.63) is 146 Å². The van der Waals surface area contributed by atoms with E-state index in [1.54, 1.807) is 0 Å². The average molecular weight is 717 g/mol. The lowest BCUT2D eigenvalue weighted by Gasteiger charge is -2.22. The second-order valence-electron chi connectivity index (χ2n) is 14.7. The number of aromatic amines is 2. The average Bonchev–Trinajstić information content (AvgIpc) is 4.02. The third-order valence-electron chi connectivity index (χ3n) is 11.6. The Morgan fingerprint density at radius 1 is 0.611 bits per heavy atom. The maximum atomic E-state index is 5.42. The van der Waals surface area contributed by atoms with Crippen molar-refractivity contribution >= 4 is 28.1 Å². The molecule has 5 aromatic heterocycles. The second kappa shape index (κ2) is 12.1. The highest BCUT2D eigenvalue weighted by Crippen LogP contribution is 2.39. The Balaban J connectivity index is 1.36. The molecule has 272 valence electrons. The van der Waals surface area contributed by atoms with Gasteiger partial charge in [-0.2, -0.15) is 0 Å². The molecule has 0 fully saturated rings. The number of imidazole rings is 4. The normalized spacial score (nSPS) is 19.2. The van der Waals surface area contributed by atoms with Crippen LogP contribution in [0.4, 0.5) is 0 Å². The lowest BCUT2D eigenvalue weighted by molar-refractivity contribution is 0.641. The van der Waals surface area contributed by atoms with E-state index in [-0.39, 0.29) is 12.0 Å². The van der Waals surface area contributed by atoms with Gasteiger partial charge in [0.25, 0.3) is 0 Å². The molecule has 2 unspecified atom stereocenters. The van der Waals surface area contributed by atoms with Gasteiger partial charge in [-0.1, -0.05) is 6.08 Å². The molecule has 0 radical (unpaired) electrons. The molecular weight excluding hydrogens is 673 g/mol. The van der Waals surface area contributed by atoms with Crippen molar-refractivity contribution in [2.75, 3.05) is 0 Å². The number of aromatic nitrogens is 9. The summed E-state index contributed by atoms with van der Waals surface area (Å²) in [6.07, 6.45) is 14.7. The number of aliphatic imine (C=N–C) groups is 2. The summed E-state index contributed by atoms with van der Waals surface area (Å²) in [7, 11) is 6.18. The Hall–Kier alpha value is -6.30. The van der Waals surface area contributed by atoms with Gasteiger partial charge in [0.05, 0.1) is 80.0 Å². The Kier molecular flexibility index (Phi) is 7.53. The number of allylic oxidation sites excluding steroid dienone is 6. The minimum absolute atomic E-state index is 0.163. The molecule has 0 saturated heterocycles. The number of nitrogens with zero attached hydrogens (tertiary/aromatic N) is 9. The number of hydrogen-bond acceptors (Lipinski definition) is 7. The second-order valence-corrected chi connectivity index (χ2v) is 14.7. The van der Waals surface area contributed by atoms with Gasteiger partial charge < -0.3 is 29.0 Å². The lowest BCUT2D eigenvalue weighted by atomic mass is 9.94. The van der Waals surface area contributed by atoms with Crippen LogP contribution in [-0.4, -0.2) is 61.1 Å². The van der Waals surface area contributed by atoms with E-state index < -0.39 is 0 Å². The van der Waals surface area contributed by atoms with Gasteiger partial charge in [0.15, 0.2) is 0 Å². The van der Waals surface area contributed by atoms with Crippen molar-refractivity contribution in [3.8, 4) is 0 Å². The van der Waals surface area contributed by atoms with E-state index in [2.05, 4.69) is 126 Å². The maximum absolute atomic E-state index is 5.42. The zero-order valence-corrected chi connectivity index (χ0v) is 32.4. The van der Waals surface area contributed by atoms with Crippen LogP contribution in [0.1, 0.15) is 80.5 Å². The summed E-state index contributed by atoms with van der Waals surface area (Å²) in [5.74, 6) is 3.13. The van der Waals surface area contributed by atoms with Gasteiger partial charge in [0.1, 0.15) is 23.3 Å². The van der Waals surface area contributed by atoms with Crippen LogP contribution in [0.5, 0.6) is 0 Å². The minimum atomic E-state index is -0.222. The lowest BCUT2D eigenvalue weighted by Crippen LogP contribution is -2.34. The van der Waals surface area contributed by atoms with E-state index in [1.165, 1.54) is 0 Å². The van der Waals surface area contributed by atoms with Gasteiger partial charge in [0, 0.05) is 55.8 Å². The van der Waals surface area contributed by atoms with Crippen molar-refractivity contribution in [1.82, 2.24) is 48.9 Å². The summed E-state index contributed by atoms with van der Waals surface area (Å²) in [5, 5.41) is 3.89. The first-order chi connectivity index (χ1) is 25.9. The van der Waals surface area contributed by atoms with Crippen molar-refractivity contribution in [2.24, 2.45) is 31.1 Å². The molecule has 8 bridgehead atoms. The maximum Gasteiger partial charge on any atom is 0.144 e. The molecule has 0 spiro atoms. The quantitative estimate of drug-likeness (QED) is 0.199. The SMILES string of the molecule is Cc1nc(C2C3=NC(=C(c4ncc(C)n4C)c4ccc([nH]4)C(c4nc(C)c(C)n4C)=C4C=CC(=N4)C(c4nc(C)c(C)n4C)=C4C=CC2N4)C=C3)[nH]c1C. The topological polar surface area (TPSA) is 135 Å². The molecule has 4 aliphatic heterocycles. The Labute approximate surface area is 314 Å². The highest BCUT2D eigenvalue weighted by Gasteiger charge is 2.36. The molecule has 0 amide bonds. The molecule has 0 saturated carbocycles. The number of aryl methyl sites for hydroxylation is 5. The molecule has 12 nitrogen and oxygen atoms in total. The number of H-pyrrole nitrogens is 2. The standard InChI is InChI=1S/C42H44N12/c1-20-19-43-40(52(20)8)36-29-13-11-27(48-29)35(39-44-21(2)22(3)45-39)28-12-14-31(49-28)37(41-46-23(4)25(6)53(41)9)33-17-18-34(51-33)38(32-16-15-30(36)50-32)42-47-24(5)26(7)54(42)10/h11-19,28,35,49-50H,1-10H3,(H,44,45). The summed E-state index contributed by atoms with van der Waals surface area (Å²) < 4.78 is 6.41. The van der Waals surface area contributed by atoms with Crippen molar-refractivity contribution in [2.45, 2.75) is 60.4 Å². The molecule has 54 heavy (non-hydrogen) atoms. The van der Waals surface area contributed by atoms with Gasteiger partial charge in [0.2, 0.25) is 0 Å². The zero-order valence-electron chi connectivity index (χ0n) is 32.4. The van der Waals surface area contributed by atoms with Gasteiger partial charge in [-0.3, -0.25) is 4.99 Å². The van der Waals surface area contributed by atoms with E-state index in [1.807, 2.05) is 27.1 Å². The van der Waals surface area contributed by atoms with Crippen LogP contribution in [0, 0.1) is 48.5 Å². The zero-order chi connectivity index (χ0) is 37.7. The van der Waals surface area contributed by atoms with E-state index >= 15 is 0 Å². The Morgan fingerprint density at radius 3 is 1.83 bits per heavy atom. The molecule has 9 rings (SSSR count). The van der Waals surface area contributed by atoms with Crippen LogP contribution >= 0.6 is 0 Å². The predicted molar refractivity (Wildman–Crippen MR) is 213 cm³/mol. The smallest absolute Gasteiger partial charge is 0.144 e. The largest absolute Gasteiger partial charge is 0.377 e. The fourth-order valence-electron chi connectivity index (χ4n) is 7.79. The van der Waals surface area contributed by atoms with E-state index in [4.69, 9.17) is 29.9 Å². The molecule has 0 aromatic carbocycles. The fourth-order valence-corrected chi connectivity index (χ4v) is 7.79. The van der Waals surface area contributed by atoms with Gasteiger partial charge >= 0.3 is 0 Å². The molecular formula is C42H44N12. The molecule has 0 aliphatic carbocycles. The molecule has 12 heteroatoms. The third kappa shape index (κ3) is 5.03. The number of hydrogen-bond donors (Lipinski definition) is 3. The molecule has 4 aliphatic rings. The highest BCUT2D eigenvalue weighted by atomic mass is 15.1. The first kappa shape index (κ1) is 33.5. The van der Waals surface area contributed by atoms with Gasteiger partial charge in [-0.15, -0.1) is 0 Å². The molecule has 5 aromatic rings. The summed E-state index contributed by atoms with van der Waals surface area (Å²) >= 11 is 0. The van der Waals surface area contributed by atoms with Crippen molar-refractivity contribution < 1.29 is 0 Å². The molecule has 2 atom stereocenters. The van der Waals surface area contributed by atoms with Gasteiger partial charge in [-0.05, 0) is 91.0 Å². The fraction of sp³-hybridized carbons (Fsp3) is 0.286. The van der Waals surface area contributed by atoms with Crippen LogP contribution in [0.2, 0.25) is 0 Å². The third-order valence-corrected chi connectivity index (χ3v) is 11.6. The first-order valence-corrected chi connectivity index (χ1v) is 18.3. The van der Waals surface area contributed by atoms with Crippen LogP contribution in [0.15, 0.2) is 81.9 Å². The first-order valence-electron chi connectivity index (χ1n) is 18.3. The number of nitrogens with one attached hydrogen (secondary N) is 3. The summed E-state index contributed by atoms with van der Waals surface area (Å²) in [5.41, 5.74) is 16.0. The highest BCUT2D eigenvalue weighted by molar-refractivity contribution is 6.31. The van der Waals surface area contributed by atoms with Crippen molar-refractivity contribution in [3.63, 3.8) is 0 Å². The van der Waals surface area contributed by atoms with Gasteiger partial charge in [-0.25, -0.2) is 24.9 Å². The summed E-state index contributed by atoms with van der Waals surface area (Å²) in [6.45, 7) is 14.5. The summed E-state index contributed by atoms with van der Waals surface area (Å²) in [4.78, 5) is 38.3. The summed E-state index contributed by atoms with van der Waals surface area (Å²) in [6, 6.07) is 4.07. The van der Waals surface area contributed by atoms with Crippen LogP contribution in [0.3, 0.4) is 0 Å². The number of rotatable bonds is 4. The number of fused-ring (bicyclic) bond motifs is 6. The van der Waals surface area contributed by atoms with Crippen LogP contribution < -0.4 is 5.32 Å². The Bertz CT molecular complexity index is 2670. The van der Waals surface area contributed by atoms with Crippen LogP contribution in [0.25, 0.3) is 16.7 Å². The molecule has 9 heterocycles. The van der Waals surface area contributed by atoms with E-state index in [9.17, 15) is 0 Å². The van der Waals surface area contributed by atoms with Crippen LogP contribution in [-0.2, 0) is 21.1 Å².